The number of nitro benzene ring substituents is 2. The molecule has 0 bridgehead atoms. The van der Waals surface area contributed by atoms with Gasteiger partial charge in [-0.1, -0.05) is 24.6 Å². The van der Waals surface area contributed by atoms with Crippen molar-refractivity contribution in [2.75, 3.05) is 0 Å². The third-order valence-electron chi connectivity index (χ3n) is 5.89. The smallest absolute Gasteiger partial charge is 0.258 e. The summed E-state index contributed by atoms with van der Waals surface area (Å²) in [5.74, 6) is 0. The van der Waals surface area contributed by atoms with Crippen LogP contribution in [-0.4, -0.2) is 15.6 Å². The Kier molecular flexibility index (Phi) is 5.12. The topological polar surface area (TPSA) is 98.6 Å². The van der Waals surface area contributed by atoms with Crippen LogP contribution < -0.4 is 0 Å². The lowest BCUT2D eigenvalue weighted by Crippen LogP contribution is -2.02. The Hall–Kier alpha value is -3.87. The molecule has 0 radical (unpaired) electrons. The lowest BCUT2D eigenvalue weighted by Gasteiger charge is -2.10. The van der Waals surface area contributed by atoms with Crippen LogP contribution in [-0.2, 0) is 6.42 Å². The minimum absolute atomic E-state index is 0.0315. The Morgan fingerprint density at radius 2 is 1.34 bits per heavy atom. The van der Waals surface area contributed by atoms with Gasteiger partial charge >= 0.3 is 0 Å². The first-order valence-electron chi connectivity index (χ1n) is 10.4. The molecular formula is C25H23N3O4. The molecule has 0 unspecified atom stereocenters. The van der Waals surface area contributed by atoms with E-state index in [1.807, 2.05) is 33.8 Å². The van der Waals surface area contributed by atoms with Crippen LogP contribution in [0.15, 0.2) is 41.4 Å². The molecule has 32 heavy (non-hydrogen) atoms. The highest BCUT2D eigenvalue weighted by molar-refractivity contribution is 6.27. The van der Waals surface area contributed by atoms with Gasteiger partial charge in [-0.2, -0.15) is 0 Å². The zero-order valence-electron chi connectivity index (χ0n) is 18.6. The molecule has 0 atom stereocenters. The van der Waals surface area contributed by atoms with Gasteiger partial charge in [0, 0.05) is 34.4 Å². The second-order valence-corrected chi connectivity index (χ2v) is 8.31. The van der Waals surface area contributed by atoms with Gasteiger partial charge in [0.1, 0.15) is 0 Å². The van der Waals surface area contributed by atoms with Crippen molar-refractivity contribution in [2.45, 2.75) is 41.0 Å². The molecule has 0 aliphatic heterocycles. The first-order chi connectivity index (χ1) is 15.1. The first kappa shape index (κ1) is 21.4. The van der Waals surface area contributed by atoms with Crippen molar-refractivity contribution in [2.24, 2.45) is 4.99 Å². The Morgan fingerprint density at radius 3 is 1.91 bits per heavy atom. The highest BCUT2D eigenvalue weighted by atomic mass is 16.6. The SMILES string of the molecule is CCc1cc2c(cc1[N+](=O)[O-])-c1c(cc(C)cc1[N+](=O)[O-])C2=Nc1c(C)cc(C)cc1C. The van der Waals surface area contributed by atoms with E-state index in [1.54, 1.807) is 13.0 Å². The van der Waals surface area contributed by atoms with E-state index in [1.165, 1.54) is 12.1 Å². The fraction of sp³-hybridized carbons (Fsp3) is 0.240. The summed E-state index contributed by atoms with van der Waals surface area (Å²) in [5.41, 5.74) is 7.97. The van der Waals surface area contributed by atoms with Crippen LogP contribution in [0, 0.1) is 47.9 Å². The molecular weight excluding hydrogens is 406 g/mol. The summed E-state index contributed by atoms with van der Waals surface area (Å²) in [6, 6.07) is 10.7. The largest absolute Gasteiger partial charge is 0.278 e. The fourth-order valence-electron chi connectivity index (χ4n) is 4.60. The number of hydrogen-bond acceptors (Lipinski definition) is 5. The van der Waals surface area contributed by atoms with Gasteiger partial charge in [-0.25, -0.2) is 4.99 Å². The summed E-state index contributed by atoms with van der Waals surface area (Å²) in [6.45, 7) is 9.66. The maximum Gasteiger partial charge on any atom is 0.278 e. The third kappa shape index (κ3) is 3.36. The number of hydrogen-bond donors (Lipinski definition) is 0. The summed E-state index contributed by atoms with van der Waals surface area (Å²) < 4.78 is 0. The fourth-order valence-corrected chi connectivity index (χ4v) is 4.60. The summed E-state index contributed by atoms with van der Waals surface area (Å²) in [4.78, 5) is 27.7. The Balaban J connectivity index is 2.13. The maximum atomic E-state index is 11.9. The molecule has 0 fully saturated rings. The monoisotopic (exact) mass is 429 g/mol. The number of nitro groups is 2. The molecule has 0 amide bonds. The second kappa shape index (κ2) is 7.67. The van der Waals surface area contributed by atoms with E-state index in [2.05, 4.69) is 12.1 Å². The van der Waals surface area contributed by atoms with E-state index in [4.69, 9.17) is 4.99 Å². The summed E-state index contributed by atoms with van der Waals surface area (Å²) in [6.07, 6.45) is 0.469. The molecule has 0 aromatic heterocycles. The second-order valence-electron chi connectivity index (χ2n) is 8.31. The number of benzene rings is 3. The van der Waals surface area contributed by atoms with Crippen molar-refractivity contribution in [1.82, 2.24) is 0 Å². The van der Waals surface area contributed by atoms with Crippen molar-refractivity contribution in [3.05, 3.63) is 95.6 Å². The minimum Gasteiger partial charge on any atom is -0.258 e. The van der Waals surface area contributed by atoms with Gasteiger partial charge in [-0.3, -0.25) is 20.2 Å². The van der Waals surface area contributed by atoms with Crippen molar-refractivity contribution < 1.29 is 9.85 Å². The molecule has 0 spiro atoms. The van der Waals surface area contributed by atoms with Crippen LogP contribution in [0.4, 0.5) is 17.1 Å². The van der Waals surface area contributed by atoms with E-state index in [0.29, 0.717) is 39.9 Å². The predicted octanol–water partition coefficient (Wildman–Crippen LogP) is 6.45. The Morgan fingerprint density at radius 1 is 0.750 bits per heavy atom. The van der Waals surface area contributed by atoms with E-state index in [0.717, 1.165) is 27.9 Å². The molecule has 7 nitrogen and oxygen atoms in total. The zero-order chi connectivity index (χ0) is 23.3. The number of aryl methyl sites for hydroxylation is 5. The van der Waals surface area contributed by atoms with E-state index in [9.17, 15) is 20.2 Å². The zero-order valence-corrected chi connectivity index (χ0v) is 18.6. The molecule has 3 aromatic carbocycles. The van der Waals surface area contributed by atoms with Crippen molar-refractivity contribution in [3.8, 4) is 11.1 Å². The molecule has 4 rings (SSSR count). The quantitative estimate of drug-likeness (QED) is 0.275. The first-order valence-corrected chi connectivity index (χ1v) is 10.4. The number of aliphatic imine (C=N–C) groups is 1. The van der Waals surface area contributed by atoms with Crippen molar-refractivity contribution in [1.29, 1.82) is 0 Å². The minimum atomic E-state index is -0.430. The maximum absolute atomic E-state index is 11.9. The lowest BCUT2D eigenvalue weighted by molar-refractivity contribution is -0.385. The van der Waals surface area contributed by atoms with Crippen LogP contribution in [0.1, 0.15) is 45.9 Å². The normalized spacial score (nSPS) is 13.2. The van der Waals surface area contributed by atoms with E-state index in [-0.39, 0.29) is 11.4 Å². The number of nitrogens with zero attached hydrogens (tertiary/aromatic N) is 3. The van der Waals surface area contributed by atoms with Gasteiger partial charge in [0.05, 0.1) is 26.8 Å². The van der Waals surface area contributed by atoms with Crippen LogP contribution >= 0.6 is 0 Å². The summed E-state index contributed by atoms with van der Waals surface area (Å²) in [7, 11) is 0. The standard InChI is InChI=1S/C25H23N3O4/c1-6-17-11-19-18(12-21(17)27(29)30)23-20(9-14(3)10-22(23)28(31)32)25(19)26-24-15(4)7-13(2)8-16(24)5/h7-12H,6H2,1-5H3. The van der Waals surface area contributed by atoms with Gasteiger partial charge < -0.3 is 0 Å². The van der Waals surface area contributed by atoms with Crippen LogP contribution in [0.3, 0.4) is 0 Å². The van der Waals surface area contributed by atoms with Crippen LogP contribution in [0.25, 0.3) is 11.1 Å². The molecule has 162 valence electrons. The van der Waals surface area contributed by atoms with Gasteiger partial charge in [0.15, 0.2) is 0 Å². The van der Waals surface area contributed by atoms with Gasteiger partial charge in [0.2, 0.25) is 0 Å². The number of fused-ring (bicyclic) bond motifs is 3. The van der Waals surface area contributed by atoms with Gasteiger partial charge in [-0.05, 0) is 62.9 Å². The van der Waals surface area contributed by atoms with Gasteiger partial charge in [-0.15, -0.1) is 0 Å². The molecule has 0 N–H and O–H groups in total. The lowest BCUT2D eigenvalue weighted by atomic mass is 9.98. The average Bonchev–Trinajstić information content (AvgIpc) is 3.00. The highest BCUT2D eigenvalue weighted by Gasteiger charge is 2.35. The molecule has 7 heteroatoms. The van der Waals surface area contributed by atoms with Crippen LogP contribution in [0.5, 0.6) is 0 Å². The van der Waals surface area contributed by atoms with E-state index < -0.39 is 9.85 Å². The molecule has 1 aliphatic carbocycles. The summed E-state index contributed by atoms with van der Waals surface area (Å²) >= 11 is 0. The highest BCUT2D eigenvalue weighted by Crippen LogP contribution is 2.46. The number of rotatable bonds is 4. The molecule has 3 aromatic rings. The molecule has 1 aliphatic rings. The third-order valence-corrected chi connectivity index (χ3v) is 5.89. The van der Waals surface area contributed by atoms with Gasteiger partial charge in [0.25, 0.3) is 11.4 Å². The Labute approximate surface area is 185 Å². The molecule has 0 saturated heterocycles. The summed E-state index contributed by atoms with van der Waals surface area (Å²) in [5, 5.41) is 23.6. The molecule has 0 heterocycles. The predicted molar refractivity (Wildman–Crippen MR) is 125 cm³/mol. The van der Waals surface area contributed by atoms with E-state index >= 15 is 0 Å². The molecule has 0 saturated carbocycles. The van der Waals surface area contributed by atoms with Crippen LogP contribution in [0.2, 0.25) is 0 Å². The van der Waals surface area contributed by atoms with Crippen molar-refractivity contribution >= 4 is 22.8 Å². The van der Waals surface area contributed by atoms with Crippen molar-refractivity contribution in [3.63, 3.8) is 0 Å². The Bertz CT molecular complexity index is 1330. The average molecular weight is 429 g/mol.